The number of carbonyl (C=O) groups excluding carboxylic acids is 2. The van der Waals surface area contributed by atoms with Crippen LogP contribution in [0.3, 0.4) is 0 Å². The second-order valence-corrected chi connectivity index (χ2v) is 11.3. The highest BCUT2D eigenvalue weighted by molar-refractivity contribution is 9.10. The molecule has 1 spiro atoms. The van der Waals surface area contributed by atoms with Gasteiger partial charge < -0.3 is 25.2 Å². The van der Waals surface area contributed by atoms with Crippen molar-refractivity contribution >= 4 is 39.1 Å². The van der Waals surface area contributed by atoms with Gasteiger partial charge in [-0.25, -0.2) is 8.78 Å². The Balaban J connectivity index is 1.33. The van der Waals surface area contributed by atoms with Crippen molar-refractivity contribution in [1.82, 2.24) is 15.1 Å². The lowest BCUT2D eigenvalue weighted by molar-refractivity contribution is -0.142. The molecular formula is C24H30BrF2N5O4. The molecular weight excluding hydrogens is 540 g/mol. The smallest absolute Gasteiger partial charge is 0.261 e. The van der Waals surface area contributed by atoms with Crippen molar-refractivity contribution in [3.8, 4) is 0 Å². The Hall–Kier alpha value is -2.18. The van der Waals surface area contributed by atoms with Gasteiger partial charge in [-0.3, -0.25) is 9.59 Å². The maximum atomic E-state index is 13.9. The number of anilines is 1. The molecule has 196 valence electrons. The molecule has 1 aliphatic carbocycles. The number of nitrogens with one attached hydrogen (secondary N) is 2. The minimum absolute atomic E-state index is 0.0988. The minimum atomic E-state index is -2.90. The van der Waals surface area contributed by atoms with Crippen molar-refractivity contribution in [2.45, 2.75) is 49.7 Å². The summed E-state index contributed by atoms with van der Waals surface area (Å²) >= 11 is 3.38. The van der Waals surface area contributed by atoms with Crippen LogP contribution in [0, 0.1) is 10.8 Å². The van der Waals surface area contributed by atoms with E-state index in [1.807, 2.05) is 0 Å². The van der Waals surface area contributed by atoms with E-state index in [1.54, 1.807) is 21.9 Å². The summed E-state index contributed by atoms with van der Waals surface area (Å²) < 4.78 is 34.1. The van der Waals surface area contributed by atoms with Gasteiger partial charge in [0, 0.05) is 43.1 Å². The van der Waals surface area contributed by atoms with Crippen LogP contribution in [0.1, 0.15) is 42.5 Å². The van der Waals surface area contributed by atoms with E-state index in [2.05, 4.69) is 31.7 Å². The van der Waals surface area contributed by atoms with Crippen LogP contribution in [0.25, 0.3) is 0 Å². The summed E-state index contributed by atoms with van der Waals surface area (Å²) in [6.45, 7) is 2.04. The zero-order valence-electron chi connectivity index (χ0n) is 19.9. The number of ether oxygens (including phenoxy) is 1. The summed E-state index contributed by atoms with van der Waals surface area (Å²) in [6, 6.07) is 2.97. The topological polar surface area (TPSA) is 103 Å². The Morgan fingerprint density at radius 2 is 2.03 bits per heavy atom. The molecule has 2 amide bonds. The highest BCUT2D eigenvalue weighted by atomic mass is 79.9. The number of benzene rings is 1. The molecule has 2 N–H and O–H groups in total. The Labute approximate surface area is 216 Å². The SMILES string of the molecule is O=Nc1cc(Br)cc(C(=O)N2CCOC3(CC3)C2)c1N[C@@H]1CCCN(C(=O)C2CNCC(F)(F)C2)C1. The first kappa shape index (κ1) is 25.5. The number of nitroso groups, excluding NO2 is 1. The predicted molar refractivity (Wildman–Crippen MR) is 133 cm³/mol. The molecule has 4 aliphatic rings. The Kier molecular flexibility index (Phi) is 7.03. The quantitative estimate of drug-likeness (QED) is 0.526. The summed E-state index contributed by atoms with van der Waals surface area (Å²) in [5.41, 5.74) is 0.520. The molecule has 3 aliphatic heterocycles. The first-order chi connectivity index (χ1) is 17.2. The molecule has 9 nitrogen and oxygen atoms in total. The molecule has 3 saturated heterocycles. The van der Waals surface area contributed by atoms with E-state index in [0.29, 0.717) is 61.4 Å². The van der Waals surface area contributed by atoms with Crippen molar-refractivity contribution in [3.05, 3.63) is 27.1 Å². The van der Waals surface area contributed by atoms with Gasteiger partial charge in [-0.05, 0) is 43.0 Å². The highest BCUT2D eigenvalue weighted by Crippen LogP contribution is 2.43. The predicted octanol–water partition coefficient (Wildman–Crippen LogP) is 3.50. The lowest BCUT2D eigenvalue weighted by atomic mass is 9.94. The normalized spacial score (nSPS) is 27.0. The Bertz CT molecular complexity index is 1050. The molecule has 1 unspecified atom stereocenters. The molecule has 1 aromatic rings. The van der Waals surface area contributed by atoms with E-state index in [0.717, 1.165) is 12.8 Å². The van der Waals surface area contributed by atoms with Gasteiger partial charge in [0.25, 0.3) is 11.8 Å². The number of carbonyl (C=O) groups is 2. The number of amides is 2. The molecule has 5 rings (SSSR count). The first-order valence-corrected chi connectivity index (χ1v) is 13.2. The van der Waals surface area contributed by atoms with Crippen LogP contribution in [0.2, 0.25) is 0 Å². The number of morpholine rings is 1. The number of hydrogen-bond acceptors (Lipinski definition) is 7. The van der Waals surface area contributed by atoms with Gasteiger partial charge in [0.1, 0.15) is 5.69 Å². The molecule has 2 atom stereocenters. The van der Waals surface area contributed by atoms with Gasteiger partial charge in [0.05, 0.1) is 42.5 Å². The molecule has 1 aromatic carbocycles. The van der Waals surface area contributed by atoms with Gasteiger partial charge in [-0.1, -0.05) is 15.9 Å². The van der Waals surface area contributed by atoms with E-state index in [9.17, 15) is 23.3 Å². The van der Waals surface area contributed by atoms with Gasteiger partial charge in [0.15, 0.2) is 0 Å². The number of nitrogens with zero attached hydrogens (tertiary/aromatic N) is 3. The minimum Gasteiger partial charge on any atom is -0.378 e. The van der Waals surface area contributed by atoms with Gasteiger partial charge in [0.2, 0.25) is 5.91 Å². The molecule has 0 aromatic heterocycles. The molecule has 12 heteroatoms. The third kappa shape index (κ3) is 5.40. The lowest BCUT2D eigenvalue weighted by Gasteiger charge is -2.38. The number of likely N-dealkylation sites (tertiary alicyclic amines) is 1. The van der Waals surface area contributed by atoms with Crippen LogP contribution in [0.15, 0.2) is 21.8 Å². The van der Waals surface area contributed by atoms with Crippen LogP contribution in [-0.4, -0.2) is 85.1 Å². The van der Waals surface area contributed by atoms with E-state index in [1.165, 1.54) is 0 Å². The van der Waals surface area contributed by atoms with Crippen LogP contribution in [0.5, 0.6) is 0 Å². The lowest BCUT2D eigenvalue weighted by Crippen LogP contribution is -2.53. The molecule has 4 fully saturated rings. The molecule has 3 heterocycles. The van der Waals surface area contributed by atoms with E-state index >= 15 is 0 Å². The fourth-order valence-corrected chi connectivity index (χ4v) is 5.93. The molecule has 0 radical (unpaired) electrons. The summed E-state index contributed by atoms with van der Waals surface area (Å²) in [5.74, 6) is -4.18. The van der Waals surface area contributed by atoms with Gasteiger partial charge >= 0.3 is 0 Å². The van der Waals surface area contributed by atoms with Crippen molar-refractivity contribution in [2.24, 2.45) is 11.1 Å². The van der Waals surface area contributed by atoms with E-state index < -0.39 is 24.8 Å². The monoisotopic (exact) mass is 569 g/mol. The first-order valence-electron chi connectivity index (χ1n) is 12.4. The molecule has 1 saturated carbocycles. The summed E-state index contributed by atoms with van der Waals surface area (Å²) in [5, 5.41) is 9.13. The number of rotatable bonds is 5. The zero-order valence-corrected chi connectivity index (χ0v) is 21.5. The number of halogens is 3. The number of alkyl halides is 2. The second-order valence-electron chi connectivity index (χ2n) is 10.4. The average Bonchev–Trinajstić information content (AvgIpc) is 3.61. The molecule has 36 heavy (non-hydrogen) atoms. The van der Waals surface area contributed by atoms with Gasteiger partial charge in [-0.15, -0.1) is 4.91 Å². The van der Waals surface area contributed by atoms with Crippen molar-refractivity contribution < 1.29 is 23.1 Å². The fourth-order valence-electron chi connectivity index (χ4n) is 5.48. The van der Waals surface area contributed by atoms with Crippen LogP contribution < -0.4 is 10.6 Å². The number of piperidine rings is 2. The zero-order chi connectivity index (χ0) is 25.5. The van der Waals surface area contributed by atoms with Crippen LogP contribution in [-0.2, 0) is 9.53 Å². The summed E-state index contributed by atoms with van der Waals surface area (Å²) in [4.78, 5) is 41.7. The maximum Gasteiger partial charge on any atom is 0.261 e. The maximum absolute atomic E-state index is 13.9. The van der Waals surface area contributed by atoms with E-state index in [-0.39, 0.29) is 35.7 Å². The second kappa shape index (κ2) is 9.94. The summed E-state index contributed by atoms with van der Waals surface area (Å²) in [7, 11) is 0. The van der Waals surface area contributed by atoms with Crippen molar-refractivity contribution in [2.75, 3.05) is 51.2 Å². The third-order valence-electron chi connectivity index (χ3n) is 7.50. The average molecular weight is 570 g/mol. The highest BCUT2D eigenvalue weighted by Gasteiger charge is 2.48. The van der Waals surface area contributed by atoms with Crippen molar-refractivity contribution in [3.63, 3.8) is 0 Å². The standard InChI is InChI=1S/C24H30BrF2N5O4/c25-16-8-18(22(34)32-6-7-36-23(14-32)3-4-23)20(19(9-16)30-35)29-17-2-1-5-31(12-17)21(33)15-10-24(26,27)13-28-11-15/h8-9,15,17,28-29H,1-7,10-14H2/t15?,17-/m1/s1. The van der Waals surface area contributed by atoms with Crippen molar-refractivity contribution in [1.29, 1.82) is 0 Å². The molecule has 0 bridgehead atoms. The number of hydrogen-bond donors (Lipinski definition) is 2. The van der Waals surface area contributed by atoms with Crippen LogP contribution >= 0.6 is 15.9 Å². The Morgan fingerprint density at radius 3 is 2.75 bits per heavy atom. The largest absolute Gasteiger partial charge is 0.378 e. The third-order valence-corrected chi connectivity index (χ3v) is 7.96. The van der Waals surface area contributed by atoms with Crippen LogP contribution in [0.4, 0.5) is 20.2 Å². The Morgan fingerprint density at radius 1 is 1.22 bits per heavy atom. The van der Waals surface area contributed by atoms with Gasteiger partial charge in [-0.2, -0.15) is 0 Å². The fraction of sp³-hybridized carbons (Fsp3) is 0.667. The summed E-state index contributed by atoms with van der Waals surface area (Å²) in [6.07, 6.45) is 2.77. The van der Waals surface area contributed by atoms with E-state index in [4.69, 9.17) is 4.74 Å².